The second-order valence-electron chi connectivity index (χ2n) is 7.12. The lowest BCUT2D eigenvalue weighted by Gasteiger charge is -2.23. The maximum atomic E-state index is 10.3. The molecule has 1 aromatic rings. The van der Waals surface area contributed by atoms with Gasteiger partial charge in [-0.1, -0.05) is 59.7 Å². The highest BCUT2D eigenvalue weighted by Gasteiger charge is 2.20. The van der Waals surface area contributed by atoms with Crippen molar-refractivity contribution in [2.75, 3.05) is 0 Å². The smallest absolute Gasteiger partial charge is 0.122 e. The normalized spacial score (nSPS) is 12.8. The van der Waals surface area contributed by atoms with E-state index in [1.54, 1.807) is 0 Å². The molecular formula is C16H26O. The first-order valence-corrected chi connectivity index (χ1v) is 6.42. The molecule has 0 amide bonds. The number of rotatable bonds is 2. The summed E-state index contributed by atoms with van der Waals surface area (Å²) in [6, 6.07) is 6.12. The average Bonchev–Trinajstić information content (AvgIpc) is 2.13. The van der Waals surface area contributed by atoms with Gasteiger partial charge in [0.25, 0.3) is 0 Å². The minimum atomic E-state index is 0.00181. The van der Waals surface area contributed by atoms with Crippen molar-refractivity contribution in [3.8, 4) is 5.75 Å². The van der Waals surface area contributed by atoms with E-state index in [-0.39, 0.29) is 5.41 Å². The van der Waals surface area contributed by atoms with Gasteiger partial charge in [-0.2, -0.15) is 0 Å². The van der Waals surface area contributed by atoms with Gasteiger partial charge in [0, 0.05) is 0 Å². The first-order chi connectivity index (χ1) is 7.61. The largest absolute Gasteiger partial charge is 0.507 e. The molecule has 96 valence electrons. The van der Waals surface area contributed by atoms with Crippen LogP contribution in [0.15, 0.2) is 18.2 Å². The predicted molar refractivity (Wildman–Crippen MR) is 74.6 cm³/mol. The standard InChI is InChI=1S/C16H26O/c1-15(2,3)11-10-12-8-7-9-13(14(12)17)16(4,5)6/h7-9,17H,10-11H2,1-6H3. The minimum Gasteiger partial charge on any atom is -0.507 e. The van der Waals surface area contributed by atoms with Gasteiger partial charge in [-0.25, -0.2) is 0 Å². The van der Waals surface area contributed by atoms with Crippen LogP contribution in [0, 0.1) is 5.41 Å². The van der Waals surface area contributed by atoms with E-state index in [1.807, 2.05) is 12.1 Å². The number of aryl methyl sites for hydroxylation is 1. The summed E-state index contributed by atoms with van der Waals surface area (Å²) in [5, 5.41) is 10.3. The van der Waals surface area contributed by atoms with Crippen LogP contribution in [0.2, 0.25) is 0 Å². The van der Waals surface area contributed by atoms with Crippen molar-refractivity contribution in [2.45, 2.75) is 59.8 Å². The molecule has 0 aromatic heterocycles. The van der Waals surface area contributed by atoms with Gasteiger partial charge < -0.3 is 5.11 Å². The Labute approximate surface area is 106 Å². The summed E-state index contributed by atoms with van der Waals surface area (Å²) < 4.78 is 0. The van der Waals surface area contributed by atoms with Gasteiger partial charge in [0.05, 0.1) is 0 Å². The molecule has 0 fully saturated rings. The van der Waals surface area contributed by atoms with E-state index >= 15 is 0 Å². The van der Waals surface area contributed by atoms with Crippen molar-refractivity contribution in [1.29, 1.82) is 0 Å². The zero-order valence-corrected chi connectivity index (χ0v) is 12.1. The molecule has 0 unspecified atom stereocenters. The highest BCUT2D eigenvalue weighted by Crippen LogP contribution is 2.34. The average molecular weight is 234 g/mol. The number of hydrogen-bond acceptors (Lipinski definition) is 1. The van der Waals surface area contributed by atoms with Crippen molar-refractivity contribution < 1.29 is 5.11 Å². The van der Waals surface area contributed by atoms with Gasteiger partial charge >= 0.3 is 0 Å². The van der Waals surface area contributed by atoms with Crippen LogP contribution in [-0.2, 0) is 11.8 Å². The molecule has 1 rings (SSSR count). The second-order valence-corrected chi connectivity index (χ2v) is 7.12. The van der Waals surface area contributed by atoms with Gasteiger partial charge in [-0.05, 0) is 34.8 Å². The monoisotopic (exact) mass is 234 g/mol. The molecule has 0 atom stereocenters. The summed E-state index contributed by atoms with van der Waals surface area (Å²) >= 11 is 0. The summed E-state index contributed by atoms with van der Waals surface area (Å²) in [4.78, 5) is 0. The van der Waals surface area contributed by atoms with Gasteiger partial charge in [-0.3, -0.25) is 0 Å². The van der Waals surface area contributed by atoms with Crippen molar-refractivity contribution in [3.63, 3.8) is 0 Å². The van der Waals surface area contributed by atoms with E-state index in [0.717, 1.165) is 24.0 Å². The maximum Gasteiger partial charge on any atom is 0.122 e. The van der Waals surface area contributed by atoms with Gasteiger partial charge in [-0.15, -0.1) is 0 Å². The quantitative estimate of drug-likeness (QED) is 0.788. The zero-order chi connectivity index (χ0) is 13.3. The van der Waals surface area contributed by atoms with E-state index in [0.29, 0.717) is 11.2 Å². The Hall–Kier alpha value is -0.980. The molecule has 0 aliphatic carbocycles. The molecule has 0 spiro atoms. The number of phenolic OH excluding ortho intramolecular Hbond substituents is 1. The van der Waals surface area contributed by atoms with Crippen LogP contribution in [0.3, 0.4) is 0 Å². The van der Waals surface area contributed by atoms with Crippen molar-refractivity contribution in [3.05, 3.63) is 29.3 Å². The summed E-state index contributed by atoms with van der Waals surface area (Å²) in [7, 11) is 0. The van der Waals surface area contributed by atoms with Crippen LogP contribution in [-0.4, -0.2) is 5.11 Å². The second kappa shape index (κ2) is 4.72. The minimum absolute atomic E-state index is 0.00181. The van der Waals surface area contributed by atoms with Crippen LogP contribution in [0.5, 0.6) is 5.75 Å². The Morgan fingerprint density at radius 3 is 2.06 bits per heavy atom. The summed E-state index contributed by atoms with van der Waals surface area (Å²) in [6.07, 6.45) is 2.04. The molecule has 1 heteroatoms. The Morgan fingerprint density at radius 2 is 1.59 bits per heavy atom. The third-order valence-electron chi connectivity index (χ3n) is 3.07. The highest BCUT2D eigenvalue weighted by molar-refractivity contribution is 5.44. The number of para-hydroxylation sites is 1. The van der Waals surface area contributed by atoms with E-state index in [9.17, 15) is 5.11 Å². The van der Waals surface area contributed by atoms with Crippen molar-refractivity contribution in [2.24, 2.45) is 5.41 Å². The lowest BCUT2D eigenvalue weighted by Crippen LogP contribution is -2.12. The van der Waals surface area contributed by atoms with Crippen molar-refractivity contribution in [1.82, 2.24) is 0 Å². The molecule has 1 nitrogen and oxygen atoms in total. The fraction of sp³-hybridized carbons (Fsp3) is 0.625. The molecular weight excluding hydrogens is 208 g/mol. The highest BCUT2D eigenvalue weighted by atomic mass is 16.3. The molecule has 1 aromatic carbocycles. The lowest BCUT2D eigenvalue weighted by atomic mass is 9.83. The number of aromatic hydroxyl groups is 1. The summed E-state index contributed by atoms with van der Waals surface area (Å²) in [6.45, 7) is 13.1. The van der Waals surface area contributed by atoms with E-state index in [2.05, 4.69) is 47.6 Å². The van der Waals surface area contributed by atoms with Gasteiger partial charge in [0.1, 0.15) is 5.75 Å². The number of phenols is 1. The molecule has 0 radical (unpaired) electrons. The lowest BCUT2D eigenvalue weighted by molar-refractivity contribution is 0.372. The van der Waals surface area contributed by atoms with Crippen molar-refractivity contribution >= 4 is 0 Å². The van der Waals surface area contributed by atoms with Crippen LogP contribution in [0.1, 0.15) is 59.1 Å². The van der Waals surface area contributed by atoms with Crippen LogP contribution in [0.25, 0.3) is 0 Å². The molecule has 0 heterocycles. The van der Waals surface area contributed by atoms with Gasteiger partial charge in [0.15, 0.2) is 0 Å². The fourth-order valence-corrected chi connectivity index (χ4v) is 1.91. The number of benzene rings is 1. The fourth-order valence-electron chi connectivity index (χ4n) is 1.91. The van der Waals surface area contributed by atoms with E-state index in [1.165, 1.54) is 0 Å². The molecule has 0 bridgehead atoms. The SMILES string of the molecule is CC(C)(C)CCc1cccc(C(C)(C)C)c1O. The zero-order valence-electron chi connectivity index (χ0n) is 12.1. The van der Waals surface area contributed by atoms with E-state index < -0.39 is 0 Å². The van der Waals surface area contributed by atoms with Gasteiger partial charge in [0.2, 0.25) is 0 Å². The summed E-state index contributed by atoms with van der Waals surface area (Å²) in [5.74, 6) is 0.490. The summed E-state index contributed by atoms with van der Waals surface area (Å²) in [5.41, 5.74) is 2.43. The third kappa shape index (κ3) is 4.07. The first kappa shape index (κ1) is 14.1. The molecule has 0 saturated carbocycles. The van der Waals surface area contributed by atoms with Crippen LogP contribution >= 0.6 is 0 Å². The Bertz CT molecular complexity index is 377. The van der Waals surface area contributed by atoms with E-state index in [4.69, 9.17) is 0 Å². The maximum absolute atomic E-state index is 10.3. The Morgan fingerprint density at radius 1 is 1.00 bits per heavy atom. The first-order valence-electron chi connectivity index (χ1n) is 6.42. The molecule has 0 aliphatic rings. The molecule has 0 saturated heterocycles. The van der Waals surface area contributed by atoms with Crippen LogP contribution in [0.4, 0.5) is 0 Å². The number of hydrogen-bond donors (Lipinski definition) is 1. The molecule has 17 heavy (non-hydrogen) atoms. The Kier molecular flexibility index (Phi) is 3.91. The van der Waals surface area contributed by atoms with Crippen LogP contribution < -0.4 is 0 Å². The topological polar surface area (TPSA) is 20.2 Å². The third-order valence-corrected chi connectivity index (χ3v) is 3.07. The predicted octanol–water partition coefficient (Wildman–Crippen LogP) is 4.67. The molecule has 0 aliphatic heterocycles. The Balaban J connectivity index is 2.96. The molecule has 1 N–H and O–H groups in total.